The van der Waals surface area contributed by atoms with E-state index in [0.29, 0.717) is 0 Å². The van der Waals surface area contributed by atoms with Gasteiger partial charge >= 0.3 is 20.7 Å². The number of nitrogens with zero attached hydrogens (tertiary/aromatic N) is 1. The highest BCUT2D eigenvalue weighted by Gasteiger charge is 2.66. The predicted molar refractivity (Wildman–Crippen MR) is 167 cm³/mol. The smallest absolute Gasteiger partial charge is 0.457 e. The molecule has 0 bridgehead atoms. The van der Waals surface area contributed by atoms with Gasteiger partial charge in [0.15, 0.2) is 6.10 Å². The van der Waals surface area contributed by atoms with E-state index in [1.54, 1.807) is 6.07 Å². The minimum Gasteiger partial charge on any atom is -0.457 e. The Labute approximate surface area is 281 Å². The summed E-state index contributed by atoms with van der Waals surface area (Å²) < 4.78 is 70.6. The summed E-state index contributed by atoms with van der Waals surface area (Å²) in [6.45, 7) is 12.6. The van der Waals surface area contributed by atoms with Crippen molar-refractivity contribution in [2.75, 3.05) is 6.61 Å². The molecule has 46 heavy (non-hydrogen) atoms. The number of benzene rings is 1. The van der Waals surface area contributed by atoms with Crippen LogP contribution in [0.5, 0.6) is 0 Å². The molecule has 2 heterocycles. The van der Waals surface area contributed by atoms with E-state index in [2.05, 4.69) is 10.3 Å². The van der Waals surface area contributed by atoms with Crippen LogP contribution >= 0.6 is 34.8 Å². The van der Waals surface area contributed by atoms with E-state index in [4.69, 9.17) is 57.9 Å². The molecule has 2 aliphatic rings. The molecule has 10 nitrogen and oxygen atoms in total. The molecule has 5 atom stereocenters. The molecule has 3 rings (SSSR count). The molecular weight excluding hydrogens is 696 g/mol. The first-order valence-corrected chi connectivity index (χ1v) is 17.3. The summed E-state index contributed by atoms with van der Waals surface area (Å²) in [5.41, 5.74) is -0.0898. The fourth-order valence-corrected chi connectivity index (χ4v) is 10.6. The summed E-state index contributed by atoms with van der Waals surface area (Å²) in [5.74, 6) is -4.18. The second kappa shape index (κ2) is 14.3. The second-order valence-corrected chi connectivity index (χ2v) is 20.1. The van der Waals surface area contributed by atoms with E-state index in [-0.39, 0.29) is 30.9 Å². The van der Waals surface area contributed by atoms with Crippen LogP contribution in [0.1, 0.15) is 61.3 Å². The second-order valence-electron chi connectivity index (χ2n) is 13.1. The first kappa shape index (κ1) is 38.5. The number of carbonyl (C=O) groups excluding carboxylic acids is 3. The lowest BCUT2D eigenvalue weighted by molar-refractivity contribution is -0.269. The van der Waals surface area contributed by atoms with Crippen LogP contribution < -0.4 is 5.32 Å². The van der Waals surface area contributed by atoms with Gasteiger partial charge in [0.25, 0.3) is 15.6 Å². The topological polar surface area (TPSA) is 122 Å². The van der Waals surface area contributed by atoms with Crippen LogP contribution in [0.2, 0.25) is 10.1 Å². The van der Waals surface area contributed by atoms with E-state index in [0.717, 1.165) is 0 Å². The lowest BCUT2D eigenvalue weighted by atomic mass is 9.96. The number of alkyl halides is 6. The van der Waals surface area contributed by atoms with Crippen LogP contribution in [0.25, 0.3) is 0 Å². The minimum atomic E-state index is -5.13. The van der Waals surface area contributed by atoms with Crippen LogP contribution in [0.4, 0.5) is 18.9 Å². The molecule has 0 aromatic heterocycles. The zero-order chi connectivity index (χ0) is 34.9. The van der Waals surface area contributed by atoms with Crippen molar-refractivity contribution < 1.29 is 50.6 Å². The minimum absolute atomic E-state index is 0.0898. The van der Waals surface area contributed by atoms with Crippen LogP contribution in [0, 0.1) is 0 Å². The number of Topliss-reactive ketones (excluding diaryl/α,β-unsaturated/α-hetero) is 1. The Morgan fingerprint density at radius 3 is 2.07 bits per heavy atom. The van der Waals surface area contributed by atoms with Gasteiger partial charge in [0.1, 0.15) is 24.0 Å². The third-order valence-corrected chi connectivity index (χ3v) is 13.0. The maximum atomic E-state index is 14.3. The molecule has 2 saturated heterocycles. The number of ether oxygens (including phenoxy) is 3. The summed E-state index contributed by atoms with van der Waals surface area (Å²) in [6, 6.07) is 5.46. The number of hydrogen-bond donors (Lipinski definition) is 1. The molecule has 0 saturated carbocycles. The quantitative estimate of drug-likeness (QED) is 0.109. The number of hydrogen-bond acceptors (Lipinski definition) is 9. The summed E-state index contributed by atoms with van der Waals surface area (Å²) >= 11 is 17.5. The molecule has 0 radical (unpaired) electrons. The highest BCUT2D eigenvalue weighted by atomic mass is 35.6. The van der Waals surface area contributed by atoms with Gasteiger partial charge in [0.05, 0.1) is 18.7 Å². The first-order valence-electron chi connectivity index (χ1n) is 14.4. The summed E-state index contributed by atoms with van der Waals surface area (Å²) in [6.07, 6.45) is -11.5. The van der Waals surface area contributed by atoms with Crippen molar-refractivity contribution in [1.29, 1.82) is 0 Å². The summed E-state index contributed by atoms with van der Waals surface area (Å²) in [4.78, 5) is 41.3. The van der Waals surface area contributed by atoms with E-state index < -0.39 is 77.0 Å². The van der Waals surface area contributed by atoms with Gasteiger partial charge in [-0.1, -0.05) is 94.5 Å². The lowest BCUT2D eigenvalue weighted by Crippen LogP contribution is -2.74. The van der Waals surface area contributed by atoms with Crippen molar-refractivity contribution in [2.24, 2.45) is 4.99 Å². The highest BCUT2D eigenvalue weighted by Crippen LogP contribution is 2.55. The molecule has 1 amide bonds. The van der Waals surface area contributed by atoms with Gasteiger partial charge < -0.3 is 33.2 Å². The van der Waals surface area contributed by atoms with Crippen LogP contribution in [-0.2, 0) is 37.4 Å². The number of fused-ring (bicyclic) bond motifs is 1. The fraction of sp³-hybridized carbons (Fsp3) is 0.655. The Balaban J connectivity index is 2.17. The van der Waals surface area contributed by atoms with Crippen LogP contribution in [0.3, 0.4) is 0 Å². The zero-order valence-electron chi connectivity index (χ0n) is 26.4. The molecule has 17 heteroatoms. The van der Waals surface area contributed by atoms with Crippen molar-refractivity contribution in [3.8, 4) is 0 Å². The number of nitrogens with one attached hydrogen (secondary N) is 1. The predicted octanol–water partition coefficient (Wildman–Crippen LogP) is 6.61. The van der Waals surface area contributed by atoms with Crippen LogP contribution in [0.15, 0.2) is 35.3 Å². The van der Waals surface area contributed by atoms with Gasteiger partial charge in [-0.25, -0.2) is 4.99 Å². The van der Waals surface area contributed by atoms with Gasteiger partial charge in [0.2, 0.25) is 6.29 Å². The Morgan fingerprint density at radius 2 is 1.57 bits per heavy atom. The summed E-state index contributed by atoms with van der Waals surface area (Å²) in [7, 11) is -3.33. The molecule has 1 aromatic rings. The maximum Gasteiger partial charge on any atom is 0.468 e. The van der Waals surface area contributed by atoms with Crippen molar-refractivity contribution in [3.63, 3.8) is 0 Å². The SMILES string of the molecule is CC(=O)CCC(=O)O[C@H]1[C@@H]2O[Si](C(C)(C)C)(C(C)(C)C)OC[C@H]2OC(OC(=Nc2ccccc2)C(F)(F)F)[C@@H]1NC(=O)C(Cl)(Cl)Cl. The molecule has 1 aromatic carbocycles. The lowest BCUT2D eigenvalue weighted by Gasteiger charge is -2.57. The zero-order valence-corrected chi connectivity index (χ0v) is 29.6. The molecular formula is C29H38Cl3F3N2O8Si. The molecule has 2 aliphatic heterocycles. The third-order valence-electron chi connectivity index (χ3n) is 7.34. The normalized spacial score (nSPS) is 25.7. The molecule has 0 spiro atoms. The number of esters is 1. The Kier molecular flexibility index (Phi) is 11.9. The van der Waals surface area contributed by atoms with Gasteiger partial charge in [-0.05, 0) is 19.1 Å². The van der Waals surface area contributed by atoms with Gasteiger partial charge in [-0.3, -0.25) is 9.59 Å². The van der Waals surface area contributed by atoms with Gasteiger partial charge in [-0.2, -0.15) is 13.2 Å². The molecule has 2 fully saturated rings. The van der Waals surface area contributed by atoms with Gasteiger partial charge in [-0.15, -0.1) is 0 Å². The van der Waals surface area contributed by atoms with E-state index >= 15 is 0 Å². The van der Waals surface area contributed by atoms with E-state index in [9.17, 15) is 27.6 Å². The monoisotopic (exact) mass is 732 g/mol. The number of rotatable bonds is 7. The Hall–Kier alpha value is -1.94. The number of carbonyl (C=O) groups is 3. The maximum absolute atomic E-state index is 14.3. The first-order chi connectivity index (χ1) is 21.0. The number of aliphatic imine (C=N–C) groups is 1. The van der Waals surface area contributed by atoms with Crippen molar-refractivity contribution in [3.05, 3.63) is 30.3 Å². The molecule has 1 unspecified atom stereocenters. The van der Waals surface area contributed by atoms with Crippen molar-refractivity contribution in [1.82, 2.24) is 5.32 Å². The number of para-hydroxylation sites is 1. The molecule has 0 aliphatic carbocycles. The van der Waals surface area contributed by atoms with Crippen molar-refractivity contribution >= 4 is 72.6 Å². The fourth-order valence-electron chi connectivity index (χ4n) is 5.52. The highest BCUT2D eigenvalue weighted by molar-refractivity contribution is 6.76. The number of amides is 1. The van der Waals surface area contributed by atoms with Gasteiger partial charge in [0, 0.05) is 16.5 Å². The standard InChI is InChI=1S/C29H38Cl3F3N2O8Si/c1-16(38)13-14-19(39)43-22-20(37-24(40)28(30,31)32)23(44-25(29(33,34)35)36-17-11-9-8-10-12-17)42-18-15-41-46(26(2,3)4,27(5,6)7)45-21(18)22/h8-12,18,20-23H,13-15H2,1-7H3,(H,37,40)/t18-,20-,21-,22-,23?/m1/s1. The third kappa shape index (κ3) is 9.14. The molecule has 1 N–H and O–H groups in total. The van der Waals surface area contributed by atoms with Crippen LogP contribution in [-0.4, -0.2) is 79.3 Å². The van der Waals surface area contributed by atoms with Crippen molar-refractivity contribution in [2.45, 2.75) is 112 Å². The largest absolute Gasteiger partial charge is 0.468 e. The average molecular weight is 734 g/mol. The Morgan fingerprint density at radius 1 is 0.978 bits per heavy atom. The Bertz CT molecular complexity index is 1290. The van der Waals surface area contributed by atoms with E-state index in [1.807, 2.05) is 41.5 Å². The van der Waals surface area contributed by atoms with E-state index in [1.165, 1.54) is 31.2 Å². The number of ketones is 1. The number of halogens is 6. The summed E-state index contributed by atoms with van der Waals surface area (Å²) in [5, 5.41) is 1.18. The average Bonchev–Trinajstić information content (AvgIpc) is 2.91. The molecule has 258 valence electrons.